The van der Waals surface area contributed by atoms with E-state index in [9.17, 15) is 0 Å². The highest BCUT2D eigenvalue weighted by molar-refractivity contribution is 5.85. The van der Waals surface area contributed by atoms with Gasteiger partial charge in [-0.25, -0.2) is 0 Å². The Labute approximate surface area is 143 Å². The lowest BCUT2D eigenvalue weighted by atomic mass is 10.00. The maximum Gasteiger partial charge on any atom is 0.0506 e. The maximum absolute atomic E-state index is 5.39. The van der Waals surface area contributed by atoms with Crippen LogP contribution >= 0.6 is 12.4 Å². The van der Waals surface area contributed by atoms with Crippen molar-refractivity contribution in [1.82, 2.24) is 10.2 Å². The number of likely N-dealkylation sites (tertiary alicyclic amines) is 1. The minimum Gasteiger partial charge on any atom is -0.381 e. The van der Waals surface area contributed by atoms with Gasteiger partial charge in [0.1, 0.15) is 0 Å². The Morgan fingerprint density at radius 3 is 2.18 bits per heavy atom. The van der Waals surface area contributed by atoms with Crippen LogP contribution < -0.4 is 5.32 Å². The highest BCUT2D eigenvalue weighted by atomic mass is 35.5. The standard InChI is InChI=1S/C9H19NO.C8H17NO.ClH/c1-3-11-8-9-5-4-6-10(2)7-9;1-2-10-7-8-4-3-5-9-6-8;/h9H,3-8H2,1-2H3;8-9H,2-7H2,1H3;1H/t9-;8-;/m11./s1. The number of nitrogens with zero attached hydrogens (tertiary/aromatic N) is 1. The Morgan fingerprint density at radius 1 is 1.00 bits per heavy atom. The summed E-state index contributed by atoms with van der Waals surface area (Å²) in [6, 6.07) is 0. The van der Waals surface area contributed by atoms with Gasteiger partial charge in [-0.2, -0.15) is 0 Å². The van der Waals surface area contributed by atoms with Gasteiger partial charge < -0.3 is 19.7 Å². The van der Waals surface area contributed by atoms with Gasteiger partial charge in [0.15, 0.2) is 0 Å². The Morgan fingerprint density at radius 2 is 1.64 bits per heavy atom. The zero-order valence-electron chi connectivity index (χ0n) is 14.8. The SMILES string of the molecule is CCOC[C@@H]1CCCN(C)C1.CCOC[C@@H]1CCCNC1.Cl. The van der Waals surface area contributed by atoms with Crippen molar-refractivity contribution >= 4 is 12.4 Å². The average molecular weight is 337 g/mol. The molecule has 2 fully saturated rings. The van der Waals surface area contributed by atoms with Gasteiger partial charge in [0.2, 0.25) is 0 Å². The molecule has 2 rings (SSSR count). The molecule has 2 saturated heterocycles. The molecule has 0 aromatic rings. The fraction of sp³-hybridized carbons (Fsp3) is 1.00. The van der Waals surface area contributed by atoms with Crippen molar-refractivity contribution < 1.29 is 9.47 Å². The smallest absolute Gasteiger partial charge is 0.0506 e. The predicted octanol–water partition coefficient (Wildman–Crippen LogP) is 2.81. The summed E-state index contributed by atoms with van der Waals surface area (Å²) < 4.78 is 10.7. The van der Waals surface area contributed by atoms with Crippen LogP contribution in [0.2, 0.25) is 0 Å². The summed E-state index contributed by atoms with van der Waals surface area (Å²) in [6.45, 7) is 12.6. The molecule has 0 bridgehead atoms. The van der Waals surface area contributed by atoms with Crippen molar-refractivity contribution in [3.63, 3.8) is 0 Å². The Kier molecular flexibility index (Phi) is 14.8. The number of halogens is 1. The summed E-state index contributed by atoms with van der Waals surface area (Å²) in [7, 11) is 2.19. The van der Waals surface area contributed by atoms with Gasteiger partial charge in [0.05, 0.1) is 13.2 Å². The second kappa shape index (κ2) is 14.7. The van der Waals surface area contributed by atoms with Gasteiger partial charge in [0.25, 0.3) is 0 Å². The van der Waals surface area contributed by atoms with Crippen molar-refractivity contribution in [1.29, 1.82) is 0 Å². The molecule has 134 valence electrons. The molecule has 2 atom stereocenters. The highest BCUT2D eigenvalue weighted by Gasteiger charge is 2.16. The molecular weight excluding hydrogens is 300 g/mol. The first-order valence-electron chi connectivity index (χ1n) is 8.81. The molecule has 22 heavy (non-hydrogen) atoms. The van der Waals surface area contributed by atoms with Crippen molar-refractivity contribution in [3.8, 4) is 0 Å². The number of hydrogen-bond acceptors (Lipinski definition) is 4. The Bertz CT molecular complexity index is 239. The Hall–Kier alpha value is 0.130. The van der Waals surface area contributed by atoms with Crippen molar-refractivity contribution in [2.24, 2.45) is 11.8 Å². The highest BCUT2D eigenvalue weighted by Crippen LogP contribution is 2.14. The topological polar surface area (TPSA) is 33.7 Å². The van der Waals surface area contributed by atoms with E-state index in [2.05, 4.69) is 31.1 Å². The van der Waals surface area contributed by atoms with Crippen LogP contribution in [0.25, 0.3) is 0 Å². The molecule has 2 aliphatic rings. The third kappa shape index (κ3) is 10.8. The van der Waals surface area contributed by atoms with Crippen LogP contribution in [0.1, 0.15) is 39.5 Å². The molecular formula is C17H37ClN2O2. The molecule has 1 N–H and O–H groups in total. The van der Waals surface area contributed by atoms with E-state index in [0.29, 0.717) is 0 Å². The number of ether oxygens (including phenoxy) is 2. The summed E-state index contributed by atoms with van der Waals surface area (Å²) in [6.07, 6.45) is 5.35. The van der Waals surface area contributed by atoms with Crippen LogP contribution in [0, 0.1) is 11.8 Å². The first-order chi connectivity index (χ1) is 10.3. The van der Waals surface area contributed by atoms with Crippen LogP contribution in [-0.2, 0) is 9.47 Å². The van der Waals surface area contributed by atoms with Crippen LogP contribution in [0.5, 0.6) is 0 Å². The molecule has 2 aliphatic heterocycles. The third-order valence-electron chi connectivity index (χ3n) is 4.24. The molecule has 4 nitrogen and oxygen atoms in total. The normalized spacial score (nSPS) is 25.8. The van der Waals surface area contributed by atoms with Gasteiger partial charge in [-0.3, -0.25) is 0 Å². The molecule has 0 aromatic heterocycles. The van der Waals surface area contributed by atoms with Crippen LogP contribution in [0.4, 0.5) is 0 Å². The van der Waals surface area contributed by atoms with E-state index in [1.54, 1.807) is 0 Å². The zero-order chi connectivity index (χ0) is 15.3. The van der Waals surface area contributed by atoms with Crippen molar-refractivity contribution in [3.05, 3.63) is 0 Å². The number of nitrogens with one attached hydrogen (secondary N) is 1. The van der Waals surface area contributed by atoms with Crippen LogP contribution in [0.15, 0.2) is 0 Å². The zero-order valence-corrected chi connectivity index (χ0v) is 15.6. The van der Waals surface area contributed by atoms with Gasteiger partial charge in [-0.1, -0.05) is 0 Å². The largest absolute Gasteiger partial charge is 0.381 e. The molecule has 0 aliphatic carbocycles. The number of hydrogen-bond donors (Lipinski definition) is 1. The summed E-state index contributed by atoms with van der Waals surface area (Å²) in [5.74, 6) is 1.56. The summed E-state index contributed by atoms with van der Waals surface area (Å²) >= 11 is 0. The summed E-state index contributed by atoms with van der Waals surface area (Å²) in [5.41, 5.74) is 0. The fourth-order valence-corrected chi connectivity index (χ4v) is 3.04. The minimum absolute atomic E-state index is 0. The first-order valence-corrected chi connectivity index (χ1v) is 8.81. The van der Waals surface area contributed by atoms with E-state index in [1.807, 2.05) is 0 Å². The van der Waals surface area contributed by atoms with Crippen LogP contribution in [0.3, 0.4) is 0 Å². The predicted molar refractivity (Wildman–Crippen MR) is 96.0 cm³/mol. The second-order valence-corrected chi connectivity index (χ2v) is 6.30. The van der Waals surface area contributed by atoms with Crippen LogP contribution in [-0.4, -0.2) is 64.6 Å². The third-order valence-corrected chi connectivity index (χ3v) is 4.24. The molecule has 5 heteroatoms. The molecule has 0 unspecified atom stereocenters. The van der Waals surface area contributed by atoms with E-state index in [1.165, 1.54) is 45.3 Å². The number of rotatable bonds is 6. The van der Waals surface area contributed by atoms with E-state index in [-0.39, 0.29) is 12.4 Å². The molecule has 0 amide bonds. The van der Waals surface area contributed by atoms with Gasteiger partial charge in [-0.05, 0) is 71.5 Å². The number of piperidine rings is 2. The van der Waals surface area contributed by atoms with E-state index >= 15 is 0 Å². The van der Waals surface area contributed by atoms with Gasteiger partial charge in [0, 0.05) is 26.3 Å². The lowest BCUT2D eigenvalue weighted by molar-refractivity contribution is 0.0749. The van der Waals surface area contributed by atoms with E-state index < -0.39 is 0 Å². The molecule has 0 spiro atoms. The quantitative estimate of drug-likeness (QED) is 0.808. The lowest BCUT2D eigenvalue weighted by Crippen LogP contribution is -2.34. The van der Waals surface area contributed by atoms with Crippen molar-refractivity contribution in [2.45, 2.75) is 39.5 Å². The van der Waals surface area contributed by atoms with E-state index in [4.69, 9.17) is 9.47 Å². The summed E-state index contributed by atoms with van der Waals surface area (Å²) in [4.78, 5) is 2.40. The maximum atomic E-state index is 5.39. The van der Waals surface area contributed by atoms with E-state index in [0.717, 1.165) is 44.8 Å². The molecule has 0 aromatic carbocycles. The second-order valence-electron chi connectivity index (χ2n) is 6.30. The summed E-state index contributed by atoms with van der Waals surface area (Å²) in [5, 5.41) is 3.36. The molecule has 0 saturated carbocycles. The molecule has 2 heterocycles. The van der Waals surface area contributed by atoms with Crippen molar-refractivity contribution in [2.75, 3.05) is 59.7 Å². The first kappa shape index (κ1) is 22.1. The molecule has 0 radical (unpaired) electrons. The van der Waals surface area contributed by atoms with Gasteiger partial charge in [-0.15, -0.1) is 12.4 Å². The monoisotopic (exact) mass is 336 g/mol. The average Bonchev–Trinajstić information content (AvgIpc) is 2.53. The lowest BCUT2D eigenvalue weighted by Gasteiger charge is -2.29. The Balaban J connectivity index is 0.000000385. The minimum atomic E-state index is 0. The fourth-order valence-electron chi connectivity index (χ4n) is 3.04. The van der Waals surface area contributed by atoms with Gasteiger partial charge >= 0.3 is 0 Å².